The maximum atomic E-state index is 12.2. The second-order valence-corrected chi connectivity index (χ2v) is 5.41. The number of carbonyl (C=O) groups excluding carboxylic acids is 1. The van der Waals surface area contributed by atoms with E-state index in [2.05, 4.69) is 4.99 Å². The number of thioether (sulfide) groups is 1. The Morgan fingerprint density at radius 1 is 1.14 bits per heavy atom. The van der Waals surface area contributed by atoms with Crippen LogP contribution in [0.2, 0.25) is 0 Å². The third kappa shape index (κ3) is 4.65. The summed E-state index contributed by atoms with van der Waals surface area (Å²) in [7, 11) is 0. The van der Waals surface area contributed by atoms with Gasteiger partial charge in [0.2, 0.25) is 6.08 Å². The summed E-state index contributed by atoms with van der Waals surface area (Å²) in [5.41, 5.74) is -3.12. The van der Waals surface area contributed by atoms with Crippen LogP contribution in [-0.2, 0) is 4.79 Å². The summed E-state index contributed by atoms with van der Waals surface area (Å²) < 4.78 is 42.3. The van der Waals surface area contributed by atoms with Crippen LogP contribution in [0.4, 0.5) is 18.9 Å². The Morgan fingerprint density at radius 3 is 2.36 bits per heavy atom. The van der Waals surface area contributed by atoms with E-state index in [1.54, 1.807) is 25.1 Å². The first-order valence-corrected chi connectivity index (χ1v) is 6.91. The van der Waals surface area contributed by atoms with Crippen molar-refractivity contribution in [2.75, 3.05) is 0 Å². The van der Waals surface area contributed by atoms with Crippen molar-refractivity contribution in [1.29, 1.82) is 0 Å². The van der Waals surface area contributed by atoms with Gasteiger partial charge in [-0.05, 0) is 66.7 Å². The number of alkyl halides is 3. The van der Waals surface area contributed by atoms with Crippen LogP contribution in [-0.4, -0.2) is 11.6 Å². The van der Waals surface area contributed by atoms with E-state index >= 15 is 0 Å². The van der Waals surface area contributed by atoms with Crippen LogP contribution < -0.4 is 4.74 Å². The number of nitrogens with zero attached hydrogens (tertiary/aromatic N) is 1. The highest BCUT2D eigenvalue weighted by Crippen LogP contribution is 2.37. The third-order valence-corrected chi connectivity index (χ3v) is 3.36. The van der Waals surface area contributed by atoms with Gasteiger partial charge in [0.15, 0.2) is 0 Å². The molecule has 2 rings (SSSR count). The van der Waals surface area contributed by atoms with Gasteiger partial charge in [0, 0.05) is 4.90 Å². The molecule has 114 valence electrons. The normalized spacial score (nSPS) is 10.9. The lowest BCUT2D eigenvalue weighted by Gasteiger charge is -2.10. The predicted molar refractivity (Wildman–Crippen MR) is 77.4 cm³/mol. The van der Waals surface area contributed by atoms with Crippen LogP contribution >= 0.6 is 11.8 Å². The fourth-order valence-corrected chi connectivity index (χ4v) is 2.25. The van der Waals surface area contributed by atoms with Crippen LogP contribution in [0.1, 0.15) is 5.56 Å². The Morgan fingerprint density at radius 2 is 1.82 bits per heavy atom. The van der Waals surface area contributed by atoms with Gasteiger partial charge >= 0.3 is 5.51 Å². The van der Waals surface area contributed by atoms with Gasteiger partial charge in [-0.25, -0.2) is 4.79 Å². The summed E-state index contributed by atoms with van der Waals surface area (Å²) in [5.74, 6) is 0.947. The van der Waals surface area contributed by atoms with Gasteiger partial charge in [0.25, 0.3) is 0 Å². The molecule has 0 aromatic heterocycles. The molecule has 3 nitrogen and oxygen atoms in total. The third-order valence-electron chi connectivity index (χ3n) is 2.62. The summed E-state index contributed by atoms with van der Waals surface area (Å²) in [4.78, 5) is 13.8. The molecule has 0 spiro atoms. The van der Waals surface area contributed by atoms with Crippen molar-refractivity contribution in [2.45, 2.75) is 17.3 Å². The molecule has 2 aromatic carbocycles. The molecule has 0 heterocycles. The highest BCUT2D eigenvalue weighted by molar-refractivity contribution is 8.00. The van der Waals surface area contributed by atoms with E-state index in [0.29, 0.717) is 17.2 Å². The summed E-state index contributed by atoms with van der Waals surface area (Å²) in [6, 6.07) is 10.5. The van der Waals surface area contributed by atoms with E-state index in [-0.39, 0.29) is 16.7 Å². The largest absolute Gasteiger partial charge is 0.457 e. The van der Waals surface area contributed by atoms with Gasteiger partial charge in [-0.15, -0.1) is 0 Å². The van der Waals surface area contributed by atoms with E-state index in [4.69, 9.17) is 4.74 Å². The molecule has 0 amide bonds. The fourth-order valence-electron chi connectivity index (χ4n) is 1.71. The zero-order chi connectivity index (χ0) is 16.2. The first-order valence-electron chi connectivity index (χ1n) is 6.09. The van der Waals surface area contributed by atoms with Crippen molar-refractivity contribution in [3.8, 4) is 11.5 Å². The number of hydrogen-bond donors (Lipinski definition) is 0. The zero-order valence-corrected chi connectivity index (χ0v) is 12.2. The average Bonchev–Trinajstić information content (AvgIpc) is 2.42. The van der Waals surface area contributed by atoms with Gasteiger partial charge in [0.1, 0.15) is 11.5 Å². The quantitative estimate of drug-likeness (QED) is 0.431. The molecule has 22 heavy (non-hydrogen) atoms. The number of isocyanates is 1. The number of halogens is 3. The van der Waals surface area contributed by atoms with Crippen LogP contribution in [0.5, 0.6) is 11.5 Å². The van der Waals surface area contributed by atoms with Crippen LogP contribution in [0.15, 0.2) is 52.4 Å². The number of benzene rings is 2. The maximum Gasteiger partial charge on any atom is 0.446 e. The molecule has 0 radical (unpaired) electrons. The van der Waals surface area contributed by atoms with Crippen molar-refractivity contribution in [2.24, 2.45) is 4.99 Å². The van der Waals surface area contributed by atoms with Crippen LogP contribution in [0.3, 0.4) is 0 Å². The molecular weight excluding hydrogens is 315 g/mol. The Labute approximate surface area is 128 Å². The Kier molecular flexibility index (Phi) is 4.90. The molecule has 0 saturated heterocycles. The number of ether oxygens (including phenoxy) is 1. The van der Waals surface area contributed by atoms with Crippen LogP contribution in [0, 0.1) is 6.92 Å². The molecular formula is C15H10F3NO2S. The van der Waals surface area contributed by atoms with Gasteiger partial charge in [0.05, 0.1) is 5.69 Å². The molecule has 7 heteroatoms. The highest BCUT2D eigenvalue weighted by Gasteiger charge is 2.29. The van der Waals surface area contributed by atoms with Crippen LogP contribution in [0.25, 0.3) is 0 Å². The summed E-state index contributed by atoms with van der Waals surface area (Å²) >= 11 is -0.178. The van der Waals surface area contributed by atoms with E-state index in [1.807, 2.05) is 0 Å². The predicted octanol–water partition coefficient (Wildman–Crippen LogP) is 5.37. The topological polar surface area (TPSA) is 38.7 Å². The van der Waals surface area contributed by atoms with Crippen molar-refractivity contribution in [3.63, 3.8) is 0 Å². The monoisotopic (exact) mass is 325 g/mol. The number of hydrogen-bond acceptors (Lipinski definition) is 4. The van der Waals surface area contributed by atoms with E-state index < -0.39 is 5.51 Å². The SMILES string of the molecule is Cc1cc(N=C=O)ccc1Oc1ccc(SC(F)(F)F)cc1. The number of aryl methyl sites for hydroxylation is 1. The van der Waals surface area contributed by atoms with Gasteiger partial charge < -0.3 is 4.74 Å². The van der Waals surface area contributed by atoms with Crippen molar-refractivity contribution >= 4 is 23.5 Å². The molecule has 0 atom stereocenters. The molecule has 0 aliphatic rings. The Balaban J connectivity index is 2.12. The second kappa shape index (κ2) is 6.68. The summed E-state index contributed by atoms with van der Waals surface area (Å²) in [6.45, 7) is 1.77. The number of rotatable bonds is 4. The van der Waals surface area contributed by atoms with E-state index in [9.17, 15) is 18.0 Å². The lowest BCUT2D eigenvalue weighted by atomic mass is 10.2. The average molecular weight is 325 g/mol. The fraction of sp³-hybridized carbons (Fsp3) is 0.133. The Bertz CT molecular complexity index is 708. The lowest BCUT2D eigenvalue weighted by molar-refractivity contribution is -0.0328. The molecule has 0 bridgehead atoms. The number of aliphatic imine (C=N–C) groups is 1. The summed E-state index contributed by atoms with van der Waals surface area (Å²) in [5, 5.41) is 0. The molecule has 0 saturated carbocycles. The minimum Gasteiger partial charge on any atom is -0.457 e. The summed E-state index contributed by atoms with van der Waals surface area (Å²) in [6.07, 6.45) is 1.45. The van der Waals surface area contributed by atoms with E-state index in [1.165, 1.54) is 30.3 Å². The molecule has 0 fully saturated rings. The van der Waals surface area contributed by atoms with E-state index in [0.717, 1.165) is 5.56 Å². The molecule has 0 unspecified atom stereocenters. The smallest absolute Gasteiger partial charge is 0.446 e. The lowest BCUT2D eigenvalue weighted by Crippen LogP contribution is -1.98. The molecule has 0 N–H and O–H groups in total. The molecule has 0 aliphatic heterocycles. The second-order valence-electron chi connectivity index (χ2n) is 4.27. The Hall–Kier alpha value is -2.24. The van der Waals surface area contributed by atoms with Crippen molar-refractivity contribution < 1.29 is 22.7 Å². The maximum absolute atomic E-state index is 12.2. The highest BCUT2D eigenvalue weighted by atomic mass is 32.2. The van der Waals surface area contributed by atoms with Gasteiger partial charge in [-0.3, -0.25) is 0 Å². The molecule has 2 aromatic rings. The molecule has 0 aliphatic carbocycles. The van der Waals surface area contributed by atoms with Crippen molar-refractivity contribution in [3.05, 3.63) is 48.0 Å². The zero-order valence-electron chi connectivity index (χ0n) is 11.3. The van der Waals surface area contributed by atoms with Gasteiger partial charge in [-0.1, -0.05) is 0 Å². The van der Waals surface area contributed by atoms with Crippen molar-refractivity contribution in [1.82, 2.24) is 0 Å². The minimum atomic E-state index is -4.31. The minimum absolute atomic E-state index is 0.0900. The van der Waals surface area contributed by atoms with Gasteiger partial charge in [-0.2, -0.15) is 18.2 Å². The standard InChI is InChI=1S/C15H10F3NO2S/c1-10-8-11(19-9-20)2-7-14(10)21-12-3-5-13(6-4-12)22-15(16,17)18/h2-8H,1H3. The first-order chi connectivity index (χ1) is 10.4. The first kappa shape index (κ1) is 16.1.